The molecule has 0 fully saturated rings. The highest BCUT2D eigenvalue weighted by Gasteiger charge is 2.17. The molecule has 2 aromatic carbocycles. The van der Waals surface area contributed by atoms with E-state index < -0.39 is 0 Å². The van der Waals surface area contributed by atoms with Crippen LogP contribution in [-0.4, -0.2) is 18.9 Å². The fourth-order valence-electron chi connectivity index (χ4n) is 3.75. The summed E-state index contributed by atoms with van der Waals surface area (Å²) in [6.07, 6.45) is 3.82. The zero-order valence-electron chi connectivity index (χ0n) is 12.9. The Kier molecular flexibility index (Phi) is 2.15. The van der Waals surface area contributed by atoms with Gasteiger partial charge in [-0.15, -0.1) is 11.3 Å². The van der Waals surface area contributed by atoms with Crippen molar-refractivity contribution < 1.29 is 0 Å². The van der Waals surface area contributed by atoms with E-state index in [1.807, 2.05) is 18.5 Å². The molecule has 0 bridgehead atoms. The molecule has 24 heavy (non-hydrogen) atoms. The first-order valence-electron chi connectivity index (χ1n) is 7.84. The number of rotatable bonds is 0. The summed E-state index contributed by atoms with van der Waals surface area (Å²) < 4.78 is 6.99. The lowest BCUT2D eigenvalue weighted by Gasteiger charge is -1.98. The van der Waals surface area contributed by atoms with Crippen molar-refractivity contribution in [2.24, 2.45) is 7.05 Å². The van der Waals surface area contributed by atoms with Gasteiger partial charge in [0.25, 0.3) is 0 Å². The first kappa shape index (κ1) is 12.5. The third-order valence-electron chi connectivity index (χ3n) is 4.82. The van der Waals surface area contributed by atoms with Gasteiger partial charge in [-0.1, -0.05) is 18.2 Å². The normalized spacial score (nSPS) is 12.4. The predicted octanol–water partition coefficient (Wildman–Crippen LogP) is 4.74. The first-order chi connectivity index (χ1) is 11.8. The van der Waals surface area contributed by atoms with Gasteiger partial charge in [-0.25, -0.2) is 4.98 Å². The summed E-state index contributed by atoms with van der Waals surface area (Å²) in [5, 5.41) is 2.56. The number of nitrogens with zero attached hydrogens (tertiary/aromatic N) is 4. The minimum atomic E-state index is 0.981. The number of aryl methyl sites for hydroxylation is 1. The smallest absolute Gasteiger partial charge is 0.215 e. The molecule has 0 amide bonds. The van der Waals surface area contributed by atoms with E-state index in [1.54, 1.807) is 11.3 Å². The van der Waals surface area contributed by atoms with Crippen molar-refractivity contribution in [2.75, 3.05) is 0 Å². The third kappa shape index (κ3) is 1.35. The molecule has 0 aliphatic rings. The van der Waals surface area contributed by atoms with E-state index in [2.05, 4.69) is 57.4 Å². The predicted molar refractivity (Wildman–Crippen MR) is 99.9 cm³/mol. The van der Waals surface area contributed by atoms with Crippen molar-refractivity contribution in [1.29, 1.82) is 0 Å². The van der Waals surface area contributed by atoms with Gasteiger partial charge in [-0.2, -0.15) is 0 Å². The number of imidazole rings is 2. The molecule has 114 valence electrons. The summed E-state index contributed by atoms with van der Waals surface area (Å²) >= 11 is 1.80. The summed E-state index contributed by atoms with van der Waals surface area (Å²) in [5.74, 6) is 0.981. The number of para-hydroxylation sites is 2. The molecular formula is C19H12N4S. The summed E-state index contributed by atoms with van der Waals surface area (Å²) in [6, 6.07) is 14.8. The van der Waals surface area contributed by atoms with Gasteiger partial charge in [0.2, 0.25) is 5.78 Å². The maximum absolute atomic E-state index is 4.83. The standard InChI is InChI=1S/C19H12N4S/c1-22-17-15(23-14-5-3-2-4-13(14)21-19(22)23)7-6-12-11-8-9-20-10-16(11)24-18(12)17/h2-10H,1H3. The van der Waals surface area contributed by atoms with Crippen molar-refractivity contribution in [3.63, 3.8) is 0 Å². The van der Waals surface area contributed by atoms with Crippen LogP contribution in [0.2, 0.25) is 0 Å². The second-order valence-corrected chi connectivity index (χ2v) is 7.13. The minimum absolute atomic E-state index is 0.981. The van der Waals surface area contributed by atoms with Gasteiger partial charge in [-0.3, -0.25) is 9.38 Å². The Hall–Kier alpha value is -2.92. The molecule has 4 nitrogen and oxygen atoms in total. The molecule has 0 unspecified atom stereocenters. The van der Waals surface area contributed by atoms with Crippen molar-refractivity contribution in [3.8, 4) is 0 Å². The molecule has 0 aliphatic carbocycles. The van der Waals surface area contributed by atoms with E-state index in [0.29, 0.717) is 0 Å². The van der Waals surface area contributed by atoms with Crippen LogP contribution in [0.25, 0.3) is 48.0 Å². The van der Waals surface area contributed by atoms with Crippen molar-refractivity contribution in [3.05, 3.63) is 54.9 Å². The monoisotopic (exact) mass is 328 g/mol. The Bertz CT molecular complexity index is 1420. The van der Waals surface area contributed by atoms with Crippen LogP contribution in [0.3, 0.4) is 0 Å². The lowest BCUT2D eigenvalue weighted by atomic mass is 10.1. The number of hydrogen-bond donors (Lipinski definition) is 0. The molecule has 0 N–H and O–H groups in total. The second-order valence-electron chi connectivity index (χ2n) is 6.08. The minimum Gasteiger partial charge on any atom is -0.311 e. The molecule has 0 radical (unpaired) electrons. The van der Waals surface area contributed by atoms with Crippen LogP contribution in [0.15, 0.2) is 54.9 Å². The Morgan fingerprint density at radius 1 is 0.958 bits per heavy atom. The number of thiophene rings is 1. The number of aromatic nitrogens is 4. The first-order valence-corrected chi connectivity index (χ1v) is 8.65. The lowest BCUT2D eigenvalue weighted by Crippen LogP contribution is -1.88. The van der Waals surface area contributed by atoms with Gasteiger partial charge in [0.15, 0.2) is 0 Å². The average molecular weight is 328 g/mol. The maximum atomic E-state index is 4.83. The zero-order chi connectivity index (χ0) is 15.8. The number of fused-ring (bicyclic) bond motifs is 9. The Labute approximate surface area is 140 Å². The van der Waals surface area contributed by atoms with Crippen molar-refractivity contribution in [2.45, 2.75) is 0 Å². The zero-order valence-corrected chi connectivity index (χ0v) is 13.7. The molecule has 6 rings (SSSR count). The van der Waals surface area contributed by atoms with Crippen LogP contribution in [-0.2, 0) is 7.05 Å². The van der Waals surface area contributed by atoms with Crippen LogP contribution in [0, 0.1) is 0 Å². The Morgan fingerprint density at radius 2 is 1.88 bits per heavy atom. The van der Waals surface area contributed by atoms with E-state index >= 15 is 0 Å². The van der Waals surface area contributed by atoms with Crippen LogP contribution in [0.5, 0.6) is 0 Å². The second kappa shape index (κ2) is 4.13. The molecule has 0 saturated heterocycles. The molecule has 0 saturated carbocycles. The molecule has 4 heterocycles. The third-order valence-corrected chi connectivity index (χ3v) is 5.98. The summed E-state index contributed by atoms with van der Waals surface area (Å²) in [7, 11) is 2.10. The lowest BCUT2D eigenvalue weighted by molar-refractivity contribution is 0.977. The molecule has 6 aromatic rings. The van der Waals surface area contributed by atoms with E-state index in [9.17, 15) is 0 Å². The summed E-state index contributed by atoms with van der Waals surface area (Å²) in [6.45, 7) is 0. The van der Waals surface area contributed by atoms with Crippen LogP contribution in [0.4, 0.5) is 0 Å². The van der Waals surface area contributed by atoms with Crippen LogP contribution in [0.1, 0.15) is 0 Å². The molecular weight excluding hydrogens is 316 g/mol. The van der Waals surface area contributed by atoms with Crippen molar-refractivity contribution >= 4 is 59.4 Å². The van der Waals surface area contributed by atoms with Crippen LogP contribution >= 0.6 is 11.3 Å². The quantitative estimate of drug-likeness (QED) is 0.403. The van der Waals surface area contributed by atoms with Gasteiger partial charge >= 0.3 is 0 Å². The van der Waals surface area contributed by atoms with Gasteiger partial charge in [0.05, 0.1) is 31.5 Å². The SMILES string of the molecule is Cn1c2c3sc4cnccc4c3ccc2n2c3ccccc3nc12. The highest BCUT2D eigenvalue weighted by molar-refractivity contribution is 7.26. The Balaban J connectivity index is 1.93. The van der Waals surface area contributed by atoms with Gasteiger partial charge < -0.3 is 4.57 Å². The number of pyridine rings is 1. The van der Waals surface area contributed by atoms with Gasteiger partial charge in [-0.05, 0) is 24.3 Å². The number of benzene rings is 2. The van der Waals surface area contributed by atoms with Gasteiger partial charge in [0, 0.05) is 30.2 Å². The van der Waals surface area contributed by atoms with Crippen molar-refractivity contribution in [1.82, 2.24) is 18.9 Å². The molecule has 0 aliphatic heterocycles. The fraction of sp³-hybridized carbons (Fsp3) is 0.0526. The Morgan fingerprint density at radius 3 is 2.83 bits per heavy atom. The van der Waals surface area contributed by atoms with E-state index in [-0.39, 0.29) is 0 Å². The highest BCUT2D eigenvalue weighted by Crippen LogP contribution is 2.39. The molecule has 0 atom stereocenters. The van der Waals surface area contributed by atoms with Crippen LogP contribution < -0.4 is 0 Å². The van der Waals surface area contributed by atoms with E-state index in [4.69, 9.17) is 4.98 Å². The fourth-order valence-corrected chi connectivity index (χ4v) is 5.00. The van der Waals surface area contributed by atoms with E-state index in [1.165, 1.54) is 31.2 Å². The molecule has 5 heteroatoms. The van der Waals surface area contributed by atoms with E-state index in [0.717, 1.165) is 16.8 Å². The topological polar surface area (TPSA) is 35.1 Å². The summed E-state index contributed by atoms with van der Waals surface area (Å²) in [5.41, 5.74) is 4.63. The highest BCUT2D eigenvalue weighted by atomic mass is 32.1. The number of hydrogen-bond acceptors (Lipinski definition) is 3. The largest absolute Gasteiger partial charge is 0.311 e. The van der Waals surface area contributed by atoms with Gasteiger partial charge in [0.1, 0.15) is 0 Å². The molecule has 0 spiro atoms. The average Bonchev–Trinajstić information content (AvgIpc) is 3.25. The summed E-state index contributed by atoms with van der Waals surface area (Å²) in [4.78, 5) is 9.10. The maximum Gasteiger partial charge on any atom is 0.215 e. The molecule has 4 aromatic heterocycles.